The van der Waals surface area contributed by atoms with Crippen LogP contribution in [0.15, 0.2) is 60.2 Å². The lowest BCUT2D eigenvalue weighted by Crippen LogP contribution is -2.31. The predicted molar refractivity (Wildman–Crippen MR) is 92.3 cm³/mol. The Morgan fingerprint density at radius 1 is 1.12 bits per heavy atom. The van der Waals surface area contributed by atoms with E-state index in [1.54, 1.807) is 23.1 Å². The van der Waals surface area contributed by atoms with Gasteiger partial charge in [-0.15, -0.1) is 0 Å². The van der Waals surface area contributed by atoms with E-state index in [9.17, 15) is 14.7 Å². The summed E-state index contributed by atoms with van der Waals surface area (Å²) in [4.78, 5) is 26.4. The summed E-state index contributed by atoms with van der Waals surface area (Å²) < 4.78 is 0. The van der Waals surface area contributed by atoms with Gasteiger partial charge in [0.05, 0.1) is 24.2 Å². The molecule has 5 heteroatoms. The van der Waals surface area contributed by atoms with Gasteiger partial charge in [-0.05, 0) is 17.7 Å². The molecule has 0 unspecified atom stereocenters. The van der Waals surface area contributed by atoms with Crippen molar-refractivity contribution in [2.45, 2.75) is 13.0 Å². The quantitative estimate of drug-likeness (QED) is 0.913. The molecule has 0 saturated heterocycles. The normalized spacial score (nSPS) is 14.2. The number of fused-ring (bicyclic) bond motifs is 1. The smallest absolute Gasteiger partial charge is 0.251 e. The Morgan fingerprint density at radius 2 is 1.79 bits per heavy atom. The van der Waals surface area contributed by atoms with Crippen molar-refractivity contribution in [1.82, 2.24) is 5.32 Å². The minimum atomic E-state index is -0.447. The Labute approximate surface area is 140 Å². The number of nitrogens with one attached hydrogen (secondary N) is 1. The number of rotatable bonds is 3. The number of likely N-dealkylation sites (N-methyl/N-ethyl adjacent to an activating group) is 1. The van der Waals surface area contributed by atoms with Crippen molar-refractivity contribution in [2.24, 2.45) is 0 Å². The zero-order chi connectivity index (χ0) is 17.1. The molecule has 1 aliphatic heterocycles. The Hall–Kier alpha value is -3.08. The second-order valence-corrected chi connectivity index (χ2v) is 5.57. The summed E-state index contributed by atoms with van der Waals surface area (Å²) in [5.41, 5.74) is 2.15. The van der Waals surface area contributed by atoms with Crippen molar-refractivity contribution < 1.29 is 14.7 Å². The van der Waals surface area contributed by atoms with Gasteiger partial charge >= 0.3 is 0 Å². The standard InChI is InChI=1S/C19H18N2O3/c1-20-19(24)15-11-17(22)21(12-13-7-3-2-4-8-13)16-10-6-5-9-14(16)18(15)23/h2-10,23H,11-12H2,1H3,(H,20,24). The van der Waals surface area contributed by atoms with E-state index >= 15 is 0 Å². The van der Waals surface area contributed by atoms with E-state index < -0.39 is 5.91 Å². The van der Waals surface area contributed by atoms with Crippen LogP contribution in [-0.4, -0.2) is 24.0 Å². The fourth-order valence-electron chi connectivity index (χ4n) is 2.81. The molecule has 2 aromatic carbocycles. The molecule has 2 aromatic rings. The zero-order valence-corrected chi connectivity index (χ0v) is 13.3. The molecule has 24 heavy (non-hydrogen) atoms. The highest BCUT2D eigenvalue weighted by molar-refractivity contribution is 6.10. The van der Waals surface area contributed by atoms with Gasteiger partial charge in [-0.3, -0.25) is 9.59 Å². The second-order valence-electron chi connectivity index (χ2n) is 5.57. The molecule has 3 rings (SSSR count). The third kappa shape index (κ3) is 2.88. The van der Waals surface area contributed by atoms with Crippen molar-refractivity contribution in [2.75, 3.05) is 11.9 Å². The summed E-state index contributed by atoms with van der Waals surface area (Å²) >= 11 is 0. The van der Waals surface area contributed by atoms with Crippen LogP contribution in [0.25, 0.3) is 5.76 Å². The van der Waals surface area contributed by atoms with Crippen LogP contribution in [0.2, 0.25) is 0 Å². The second kappa shape index (κ2) is 6.58. The lowest BCUT2D eigenvalue weighted by molar-refractivity contribution is -0.121. The van der Waals surface area contributed by atoms with E-state index in [0.29, 0.717) is 17.8 Å². The molecule has 1 heterocycles. The van der Waals surface area contributed by atoms with E-state index in [1.165, 1.54) is 7.05 Å². The molecular formula is C19H18N2O3. The SMILES string of the molecule is CNC(=O)C1=C(O)c2ccccc2N(Cc2ccccc2)C(=O)C1. The maximum absolute atomic E-state index is 12.8. The number of carbonyl (C=O) groups excluding carboxylic acids is 2. The lowest BCUT2D eigenvalue weighted by atomic mass is 10.1. The molecule has 1 aliphatic rings. The Morgan fingerprint density at radius 3 is 2.50 bits per heavy atom. The van der Waals surface area contributed by atoms with Gasteiger partial charge in [-0.1, -0.05) is 42.5 Å². The first-order valence-corrected chi connectivity index (χ1v) is 7.69. The molecule has 122 valence electrons. The highest BCUT2D eigenvalue weighted by Gasteiger charge is 2.30. The topological polar surface area (TPSA) is 69.6 Å². The summed E-state index contributed by atoms with van der Waals surface area (Å²) in [5, 5.41) is 13.0. The zero-order valence-electron chi connectivity index (χ0n) is 13.3. The molecule has 0 aliphatic carbocycles. The van der Waals surface area contributed by atoms with Crippen LogP contribution in [-0.2, 0) is 16.1 Å². The molecule has 0 spiro atoms. The number of nitrogens with zero attached hydrogens (tertiary/aromatic N) is 1. The largest absolute Gasteiger partial charge is 0.507 e. The number of aliphatic hydroxyl groups is 1. The summed E-state index contributed by atoms with van der Waals surface area (Å²) in [6.45, 7) is 0.380. The maximum Gasteiger partial charge on any atom is 0.251 e. The summed E-state index contributed by atoms with van der Waals surface area (Å²) in [5.74, 6) is -0.819. The molecular weight excluding hydrogens is 304 g/mol. The van der Waals surface area contributed by atoms with E-state index in [2.05, 4.69) is 5.32 Å². The number of para-hydroxylation sites is 1. The van der Waals surface area contributed by atoms with Gasteiger partial charge in [0.2, 0.25) is 5.91 Å². The predicted octanol–water partition coefficient (Wildman–Crippen LogP) is 2.64. The van der Waals surface area contributed by atoms with E-state index in [1.807, 2.05) is 36.4 Å². The highest BCUT2D eigenvalue weighted by Crippen LogP contribution is 2.34. The summed E-state index contributed by atoms with van der Waals surface area (Å²) in [6.07, 6.45) is -0.146. The average Bonchev–Trinajstić information content (AvgIpc) is 2.72. The van der Waals surface area contributed by atoms with Gasteiger partial charge in [0.25, 0.3) is 5.91 Å². The highest BCUT2D eigenvalue weighted by atomic mass is 16.3. The van der Waals surface area contributed by atoms with Crippen molar-refractivity contribution in [3.63, 3.8) is 0 Å². The van der Waals surface area contributed by atoms with Crippen LogP contribution in [0, 0.1) is 0 Å². The van der Waals surface area contributed by atoms with Gasteiger partial charge in [-0.2, -0.15) is 0 Å². The molecule has 5 nitrogen and oxygen atoms in total. The monoisotopic (exact) mass is 322 g/mol. The van der Waals surface area contributed by atoms with Crippen molar-refractivity contribution in [3.05, 3.63) is 71.3 Å². The van der Waals surface area contributed by atoms with Gasteiger partial charge in [0.15, 0.2) is 0 Å². The van der Waals surface area contributed by atoms with Gasteiger partial charge < -0.3 is 15.3 Å². The number of benzene rings is 2. The molecule has 0 fully saturated rings. The molecule has 2 amide bonds. The number of aliphatic hydroxyl groups excluding tert-OH is 1. The van der Waals surface area contributed by atoms with Crippen LogP contribution in [0.1, 0.15) is 17.5 Å². The van der Waals surface area contributed by atoms with Gasteiger partial charge in [-0.25, -0.2) is 0 Å². The van der Waals surface area contributed by atoms with E-state index in [4.69, 9.17) is 0 Å². The number of hydrogen-bond acceptors (Lipinski definition) is 3. The minimum absolute atomic E-state index is 0.0884. The van der Waals surface area contributed by atoms with Crippen LogP contribution in [0.3, 0.4) is 0 Å². The van der Waals surface area contributed by atoms with Crippen molar-refractivity contribution >= 4 is 23.3 Å². The molecule has 0 saturated carbocycles. The number of hydrogen-bond donors (Lipinski definition) is 2. The van der Waals surface area contributed by atoms with Crippen LogP contribution in [0.4, 0.5) is 5.69 Å². The fraction of sp³-hybridized carbons (Fsp3) is 0.158. The molecule has 0 radical (unpaired) electrons. The average molecular weight is 322 g/mol. The first-order valence-electron chi connectivity index (χ1n) is 7.69. The first kappa shape index (κ1) is 15.8. The molecule has 0 bridgehead atoms. The molecule has 2 N–H and O–H groups in total. The first-order chi connectivity index (χ1) is 11.6. The third-order valence-electron chi connectivity index (χ3n) is 4.05. The Balaban J connectivity index is 2.08. The van der Waals surface area contributed by atoms with E-state index in [0.717, 1.165) is 5.56 Å². The van der Waals surface area contributed by atoms with Crippen molar-refractivity contribution in [3.8, 4) is 0 Å². The minimum Gasteiger partial charge on any atom is -0.507 e. The van der Waals surface area contributed by atoms with Crippen molar-refractivity contribution in [1.29, 1.82) is 0 Å². The number of anilines is 1. The van der Waals surface area contributed by atoms with Gasteiger partial charge in [0, 0.05) is 12.6 Å². The van der Waals surface area contributed by atoms with Gasteiger partial charge in [0.1, 0.15) is 5.76 Å². The number of amides is 2. The number of carbonyl (C=O) groups is 2. The van der Waals surface area contributed by atoms with E-state index in [-0.39, 0.29) is 23.7 Å². The van der Waals surface area contributed by atoms with Crippen LogP contribution in [0.5, 0.6) is 0 Å². The summed E-state index contributed by atoms with van der Waals surface area (Å²) in [7, 11) is 1.48. The molecule has 0 aromatic heterocycles. The van der Waals surface area contributed by atoms with Crippen LogP contribution >= 0.6 is 0 Å². The maximum atomic E-state index is 12.8. The Kier molecular flexibility index (Phi) is 4.33. The fourth-order valence-corrected chi connectivity index (χ4v) is 2.81. The molecule has 0 atom stereocenters. The summed E-state index contributed by atoms with van der Waals surface area (Å²) in [6, 6.07) is 16.7. The Bertz CT molecular complexity index is 812. The third-order valence-corrected chi connectivity index (χ3v) is 4.05. The lowest BCUT2D eigenvalue weighted by Gasteiger charge is -2.23. The van der Waals surface area contributed by atoms with Crippen LogP contribution < -0.4 is 10.2 Å².